The molecule has 2 nitrogen and oxygen atoms in total. The molecule has 0 amide bonds. The summed E-state index contributed by atoms with van der Waals surface area (Å²) >= 11 is 6.05. The minimum absolute atomic E-state index is 0.368. The molecule has 2 aromatic rings. The van der Waals surface area contributed by atoms with Gasteiger partial charge in [-0.2, -0.15) is 0 Å². The molecule has 1 fully saturated rings. The minimum Gasteiger partial charge on any atom is -0.461 e. The van der Waals surface area contributed by atoms with Crippen molar-refractivity contribution in [2.24, 2.45) is 17.1 Å². The van der Waals surface area contributed by atoms with E-state index in [1.54, 1.807) is 0 Å². The maximum atomic E-state index is 6.07. The highest BCUT2D eigenvalue weighted by molar-refractivity contribution is 6.31. The molecule has 2 N–H and O–H groups in total. The molecule has 0 spiro atoms. The highest BCUT2D eigenvalue weighted by Gasteiger charge is 2.36. The maximum Gasteiger partial charge on any atom is 0.134 e. The monoisotopic (exact) mass is 291 g/mol. The predicted octanol–water partition coefficient (Wildman–Crippen LogP) is 4.95. The molecule has 108 valence electrons. The van der Waals surface area contributed by atoms with Gasteiger partial charge in [-0.1, -0.05) is 25.4 Å². The normalized spacial score (nSPS) is 26.0. The van der Waals surface area contributed by atoms with Crippen molar-refractivity contribution in [1.29, 1.82) is 0 Å². The summed E-state index contributed by atoms with van der Waals surface area (Å²) in [5.74, 6) is 2.03. The van der Waals surface area contributed by atoms with E-state index in [0.29, 0.717) is 17.3 Å². The summed E-state index contributed by atoms with van der Waals surface area (Å²) in [6, 6.07) is 7.94. The second kappa shape index (κ2) is 5.09. The van der Waals surface area contributed by atoms with E-state index in [0.717, 1.165) is 34.7 Å². The third kappa shape index (κ3) is 2.59. The molecule has 3 heteroatoms. The Balaban J connectivity index is 1.98. The van der Waals surface area contributed by atoms with Crippen LogP contribution >= 0.6 is 11.6 Å². The first-order chi connectivity index (χ1) is 9.48. The Morgan fingerprint density at radius 3 is 2.90 bits per heavy atom. The van der Waals surface area contributed by atoms with E-state index in [9.17, 15) is 0 Å². The van der Waals surface area contributed by atoms with Crippen LogP contribution in [0.4, 0.5) is 0 Å². The molecular weight excluding hydrogens is 270 g/mol. The smallest absolute Gasteiger partial charge is 0.134 e. The molecule has 1 heterocycles. The lowest BCUT2D eigenvalue weighted by Gasteiger charge is -2.39. The van der Waals surface area contributed by atoms with Gasteiger partial charge in [-0.3, -0.25) is 0 Å². The number of fused-ring (bicyclic) bond motifs is 1. The van der Waals surface area contributed by atoms with Crippen LogP contribution in [0.1, 0.15) is 44.8 Å². The number of hydrogen-bond acceptors (Lipinski definition) is 2. The van der Waals surface area contributed by atoms with Crippen molar-refractivity contribution in [3.05, 3.63) is 35.0 Å². The molecule has 20 heavy (non-hydrogen) atoms. The molecule has 1 aromatic carbocycles. The van der Waals surface area contributed by atoms with Crippen molar-refractivity contribution >= 4 is 22.6 Å². The first kappa shape index (κ1) is 14.0. The number of rotatable bonds is 2. The molecular formula is C17H22ClNO. The van der Waals surface area contributed by atoms with Crippen LogP contribution in [0, 0.1) is 11.3 Å². The molecule has 0 aliphatic heterocycles. The van der Waals surface area contributed by atoms with Crippen LogP contribution < -0.4 is 5.73 Å². The summed E-state index contributed by atoms with van der Waals surface area (Å²) in [4.78, 5) is 0. The summed E-state index contributed by atoms with van der Waals surface area (Å²) in [5.41, 5.74) is 7.26. The molecule has 0 radical (unpaired) electrons. The fourth-order valence-corrected chi connectivity index (χ4v) is 3.65. The van der Waals surface area contributed by atoms with Crippen LogP contribution in [0.3, 0.4) is 0 Å². The quantitative estimate of drug-likeness (QED) is 0.850. The number of hydrogen-bond donors (Lipinski definition) is 1. The molecule has 1 aliphatic rings. The standard InChI is InChI=1S/C17H22ClNO/c1-17(2)6-5-11(10-19)14(9-17)16-8-12-7-13(18)3-4-15(12)20-16/h3-4,7-8,11,14H,5-6,9-10,19H2,1-2H3. The topological polar surface area (TPSA) is 39.2 Å². The van der Waals surface area contributed by atoms with Gasteiger partial charge in [-0.25, -0.2) is 0 Å². The van der Waals surface area contributed by atoms with Gasteiger partial charge in [0.15, 0.2) is 0 Å². The maximum absolute atomic E-state index is 6.07. The zero-order chi connectivity index (χ0) is 14.3. The van der Waals surface area contributed by atoms with Crippen LogP contribution in [-0.4, -0.2) is 6.54 Å². The average molecular weight is 292 g/mol. The summed E-state index contributed by atoms with van der Waals surface area (Å²) < 4.78 is 6.07. The van der Waals surface area contributed by atoms with Crippen LogP contribution in [0.5, 0.6) is 0 Å². The zero-order valence-corrected chi connectivity index (χ0v) is 12.9. The minimum atomic E-state index is 0.368. The van der Waals surface area contributed by atoms with Gasteiger partial charge in [0.1, 0.15) is 11.3 Å². The van der Waals surface area contributed by atoms with Crippen molar-refractivity contribution in [2.45, 2.75) is 39.0 Å². The Hall–Kier alpha value is -0.990. The van der Waals surface area contributed by atoms with Crippen molar-refractivity contribution in [3.8, 4) is 0 Å². The summed E-state index contributed by atoms with van der Waals surface area (Å²) in [6.07, 6.45) is 3.58. The van der Waals surface area contributed by atoms with Crippen molar-refractivity contribution in [1.82, 2.24) is 0 Å². The second-order valence-corrected chi connectivity index (χ2v) is 7.28. The van der Waals surface area contributed by atoms with Crippen molar-refractivity contribution in [3.63, 3.8) is 0 Å². The largest absolute Gasteiger partial charge is 0.461 e. The first-order valence-corrected chi connectivity index (χ1v) is 7.75. The van der Waals surface area contributed by atoms with E-state index in [-0.39, 0.29) is 0 Å². The molecule has 2 atom stereocenters. The highest BCUT2D eigenvalue weighted by atomic mass is 35.5. The van der Waals surface area contributed by atoms with E-state index in [4.69, 9.17) is 21.8 Å². The van der Waals surface area contributed by atoms with Crippen LogP contribution in [-0.2, 0) is 0 Å². The lowest BCUT2D eigenvalue weighted by atomic mass is 9.66. The zero-order valence-electron chi connectivity index (χ0n) is 12.2. The van der Waals surface area contributed by atoms with Crippen molar-refractivity contribution in [2.75, 3.05) is 6.54 Å². The van der Waals surface area contributed by atoms with Crippen molar-refractivity contribution < 1.29 is 4.42 Å². The SMILES string of the molecule is CC1(C)CCC(CN)C(c2cc3cc(Cl)ccc3o2)C1. The number of benzene rings is 1. The molecule has 2 unspecified atom stereocenters. The third-order valence-electron chi connectivity index (χ3n) is 4.70. The van der Waals surface area contributed by atoms with Crippen LogP contribution in [0.2, 0.25) is 5.02 Å². The van der Waals surface area contributed by atoms with Gasteiger partial charge < -0.3 is 10.2 Å². The van der Waals surface area contributed by atoms with E-state index >= 15 is 0 Å². The predicted molar refractivity (Wildman–Crippen MR) is 84.1 cm³/mol. The van der Waals surface area contributed by atoms with Gasteiger partial charge in [-0.05, 0) is 61.4 Å². The Bertz CT molecular complexity index is 616. The van der Waals surface area contributed by atoms with E-state index in [1.807, 2.05) is 18.2 Å². The Morgan fingerprint density at radius 2 is 2.15 bits per heavy atom. The molecule has 0 bridgehead atoms. The number of halogens is 1. The van der Waals surface area contributed by atoms with Gasteiger partial charge in [0.25, 0.3) is 0 Å². The van der Waals surface area contributed by atoms with Gasteiger partial charge in [-0.15, -0.1) is 0 Å². The first-order valence-electron chi connectivity index (χ1n) is 7.37. The summed E-state index contributed by atoms with van der Waals surface area (Å²) in [6.45, 7) is 5.41. The van der Waals surface area contributed by atoms with Gasteiger partial charge in [0.05, 0.1) is 0 Å². The fraction of sp³-hybridized carbons (Fsp3) is 0.529. The third-order valence-corrected chi connectivity index (χ3v) is 4.93. The summed E-state index contributed by atoms with van der Waals surface area (Å²) in [5, 5.41) is 1.84. The van der Waals surface area contributed by atoms with E-state index in [1.165, 1.54) is 12.8 Å². The Labute approximate surface area is 125 Å². The fourth-order valence-electron chi connectivity index (χ4n) is 3.47. The molecule has 0 saturated heterocycles. The van der Waals surface area contributed by atoms with Gasteiger partial charge in [0, 0.05) is 16.3 Å². The van der Waals surface area contributed by atoms with Crippen LogP contribution in [0.25, 0.3) is 11.0 Å². The highest BCUT2D eigenvalue weighted by Crippen LogP contribution is 2.47. The lowest BCUT2D eigenvalue weighted by molar-refractivity contribution is 0.153. The summed E-state index contributed by atoms with van der Waals surface area (Å²) in [7, 11) is 0. The molecule has 1 aliphatic carbocycles. The second-order valence-electron chi connectivity index (χ2n) is 6.84. The van der Waals surface area contributed by atoms with Gasteiger partial charge >= 0.3 is 0 Å². The van der Waals surface area contributed by atoms with Crippen LogP contribution in [0.15, 0.2) is 28.7 Å². The molecule has 1 saturated carbocycles. The molecule has 3 rings (SSSR count). The number of furan rings is 1. The lowest BCUT2D eigenvalue weighted by Crippen LogP contribution is -2.32. The van der Waals surface area contributed by atoms with E-state index in [2.05, 4.69) is 19.9 Å². The Morgan fingerprint density at radius 1 is 1.35 bits per heavy atom. The average Bonchev–Trinajstić information content (AvgIpc) is 2.80. The molecule has 1 aromatic heterocycles. The Kier molecular flexibility index (Phi) is 3.55. The number of nitrogens with two attached hydrogens (primary N) is 1. The van der Waals surface area contributed by atoms with Gasteiger partial charge in [0.2, 0.25) is 0 Å². The van der Waals surface area contributed by atoms with E-state index < -0.39 is 0 Å².